The van der Waals surface area contributed by atoms with Crippen LogP contribution in [0.3, 0.4) is 0 Å². The molecular formula is C23H21NO. The number of rotatable bonds is 3. The van der Waals surface area contributed by atoms with Gasteiger partial charge in [0.15, 0.2) is 0 Å². The van der Waals surface area contributed by atoms with E-state index in [1.807, 2.05) is 37.3 Å². The van der Waals surface area contributed by atoms with Crippen molar-refractivity contribution in [3.63, 3.8) is 0 Å². The number of fused-ring (bicyclic) bond motifs is 1. The van der Waals surface area contributed by atoms with Gasteiger partial charge in [0.1, 0.15) is 0 Å². The summed E-state index contributed by atoms with van der Waals surface area (Å²) >= 11 is 0. The standard InChI is InChI=1S/C23H21NO/c1-17(24-18(2)25)16-20-12-10-19(11-13-20)14-15-22-8-5-7-21-6-3-4-9-23(21)22/h3-13,17H,16H2,1-2H3,(H,24,25). The van der Waals surface area contributed by atoms with Crippen molar-refractivity contribution in [2.24, 2.45) is 0 Å². The smallest absolute Gasteiger partial charge is 0.217 e. The van der Waals surface area contributed by atoms with Gasteiger partial charge in [0.2, 0.25) is 5.91 Å². The number of nitrogens with one attached hydrogen (secondary N) is 1. The Kier molecular flexibility index (Phi) is 5.16. The van der Waals surface area contributed by atoms with Crippen LogP contribution in [-0.4, -0.2) is 11.9 Å². The molecule has 3 aromatic carbocycles. The highest BCUT2D eigenvalue weighted by Crippen LogP contribution is 2.17. The van der Waals surface area contributed by atoms with E-state index in [-0.39, 0.29) is 11.9 Å². The van der Waals surface area contributed by atoms with Gasteiger partial charge in [-0.05, 0) is 47.9 Å². The van der Waals surface area contributed by atoms with Crippen LogP contribution in [0.4, 0.5) is 0 Å². The van der Waals surface area contributed by atoms with Crippen molar-refractivity contribution in [3.8, 4) is 11.8 Å². The molecule has 0 aromatic heterocycles. The predicted molar refractivity (Wildman–Crippen MR) is 103 cm³/mol. The van der Waals surface area contributed by atoms with E-state index in [1.165, 1.54) is 16.3 Å². The van der Waals surface area contributed by atoms with Gasteiger partial charge in [-0.2, -0.15) is 0 Å². The monoisotopic (exact) mass is 327 g/mol. The first-order chi connectivity index (χ1) is 12.1. The first-order valence-corrected chi connectivity index (χ1v) is 8.47. The summed E-state index contributed by atoms with van der Waals surface area (Å²) in [6.07, 6.45) is 0.816. The molecule has 0 aliphatic heterocycles. The quantitative estimate of drug-likeness (QED) is 0.714. The Morgan fingerprint density at radius 2 is 1.68 bits per heavy atom. The molecule has 2 heteroatoms. The SMILES string of the molecule is CC(=O)NC(C)Cc1ccc(C#Cc2cccc3ccccc23)cc1. The molecular weight excluding hydrogens is 306 g/mol. The van der Waals surface area contributed by atoms with Gasteiger partial charge >= 0.3 is 0 Å². The van der Waals surface area contributed by atoms with E-state index < -0.39 is 0 Å². The molecule has 1 amide bonds. The summed E-state index contributed by atoms with van der Waals surface area (Å²) in [6, 6.07) is 22.8. The first kappa shape index (κ1) is 16.8. The van der Waals surface area contributed by atoms with Crippen molar-refractivity contribution in [1.29, 1.82) is 0 Å². The second-order valence-electron chi connectivity index (χ2n) is 6.28. The lowest BCUT2D eigenvalue weighted by atomic mass is 10.0. The molecule has 25 heavy (non-hydrogen) atoms. The molecule has 0 spiro atoms. The molecule has 0 heterocycles. The Morgan fingerprint density at radius 3 is 2.44 bits per heavy atom. The van der Waals surface area contributed by atoms with Gasteiger partial charge in [-0.25, -0.2) is 0 Å². The van der Waals surface area contributed by atoms with Crippen LogP contribution >= 0.6 is 0 Å². The van der Waals surface area contributed by atoms with Crippen LogP contribution in [0.15, 0.2) is 66.7 Å². The summed E-state index contributed by atoms with van der Waals surface area (Å²) in [7, 11) is 0. The molecule has 3 rings (SSSR count). The van der Waals surface area contributed by atoms with Crippen molar-refractivity contribution < 1.29 is 4.79 Å². The Bertz CT molecular complexity index is 940. The normalized spacial score (nSPS) is 11.4. The van der Waals surface area contributed by atoms with Crippen LogP contribution < -0.4 is 5.32 Å². The minimum Gasteiger partial charge on any atom is -0.354 e. The van der Waals surface area contributed by atoms with Gasteiger partial charge in [0, 0.05) is 24.1 Å². The highest BCUT2D eigenvalue weighted by atomic mass is 16.1. The van der Waals surface area contributed by atoms with Crippen LogP contribution in [0.2, 0.25) is 0 Å². The molecule has 3 aromatic rings. The first-order valence-electron chi connectivity index (χ1n) is 8.47. The van der Waals surface area contributed by atoms with E-state index in [9.17, 15) is 4.79 Å². The van der Waals surface area contributed by atoms with Crippen LogP contribution in [0.1, 0.15) is 30.5 Å². The maximum Gasteiger partial charge on any atom is 0.217 e. The predicted octanol–water partition coefficient (Wildman–Crippen LogP) is 4.31. The molecule has 124 valence electrons. The zero-order valence-corrected chi connectivity index (χ0v) is 14.5. The van der Waals surface area contributed by atoms with Gasteiger partial charge in [-0.1, -0.05) is 60.4 Å². The fourth-order valence-corrected chi connectivity index (χ4v) is 2.95. The van der Waals surface area contributed by atoms with E-state index in [0.717, 1.165) is 17.5 Å². The van der Waals surface area contributed by atoms with Crippen LogP contribution in [0.5, 0.6) is 0 Å². The number of carbonyl (C=O) groups excluding carboxylic acids is 1. The zero-order valence-electron chi connectivity index (χ0n) is 14.5. The van der Waals surface area contributed by atoms with Crippen molar-refractivity contribution in [3.05, 3.63) is 83.4 Å². The number of hydrogen-bond donors (Lipinski definition) is 1. The number of carbonyl (C=O) groups is 1. The van der Waals surface area contributed by atoms with Gasteiger partial charge in [0.25, 0.3) is 0 Å². The molecule has 0 aliphatic carbocycles. The second-order valence-corrected chi connectivity index (χ2v) is 6.28. The maximum atomic E-state index is 11.1. The summed E-state index contributed by atoms with van der Waals surface area (Å²) in [6.45, 7) is 3.55. The summed E-state index contributed by atoms with van der Waals surface area (Å²) < 4.78 is 0. The summed E-state index contributed by atoms with van der Waals surface area (Å²) in [4.78, 5) is 11.1. The largest absolute Gasteiger partial charge is 0.354 e. The lowest BCUT2D eigenvalue weighted by Crippen LogP contribution is -2.31. The van der Waals surface area contributed by atoms with E-state index in [1.54, 1.807) is 6.92 Å². The third-order valence-electron chi connectivity index (χ3n) is 4.08. The van der Waals surface area contributed by atoms with Crippen molar-refractivity contribution in [1.82, 2.24) is 5.32 Å². The van der Waals surface area contributed by atoms with Crippen LogP contribution in [0, 0.1) is 11.8 Å². The molecule has 2 nitrogen and oxygen atoms in total. The van der Waals surface area contributed by atoms with Crippen LogP contribution in [-0.2, 0) is 11.2 Å². The summed E-state index contributed by atoms with van der Waals surface area (Å²) in [5.41, 5.74) is 3.22. The fraction of sp³-hybridized carbons (Fsp3) is 0.174. The average Bonchev–Trinajstić information content (AvgIpc) is 2.60. The molecule has 0 radical (unpaired) electrons. The summed E-state index contributed by atoms with van der Waals surface area (Å²) in [5.74, 6) is 6.53. The van der Waals surface area contributed by atoms with Gasteiger partial charge in [-0.15, -0.1) is 0 Å². The molecule has 0 saturated heterocycles. The Hall–Kier alpha value is -3.05. The van der Waals surface area contributed by atoms with Gasteiger partial charge in [-0.3, -0.25) is 4.79 Å². The molecule has 0 saturated carbocycles. The van der Waals surface area contributed by atoms with E-state index in [4.69, 9.17) is 0 Å². The van der Waals surface area contributed by atoms with Gasteiger partial charge in [0.05, 0.1) is 0 Å². The van der Waals surface area contributed by atoms with Crippen molar-refractivity contribution in [2.75, 3.05) is 0 Å². The zero-order chi connectivity index (χ0) is 17.6. The van der Waals surface area contributed by atoms with Crippen molar-refractivity contribution in [2.45, 2.75) is 26.3 Å². The molecule has 0 bridgehead atoms. The molecule has 0 fully saturated rings. The molecule has 0 aliphatic rings. The number of benzene rings is 3. The molecule has 1 unspecified atom stereocenters. The minimum absolute atomic E-state index is 0.00470. The molecule has 1 N–H and O–H groups in total. The minimum atomic E-state index is 0.00470. The summed E-state index contributed by atoms with van der Waals surface area (Å²) in [5, 5.41) is 5.29. The highest BCUT2D eigenvalue weighted by molar-refractivity contribution is 5.88. The maximum absolute atomic E-state index is 11.1. The third-order valence-corrected chi connectivity index (χ3v) is 4.08. The second kappa shape index (κ2) is 7.68. The fourth-order valence-electron chi connectivity index (χ4n) is 2.95. The van der Waals surface area contributed by atoms with Crippen LogP contribution in [0.25, 0.3) is 10.8 Å². The molecule has 1 atom stereocenters. The Morgan fingerprint density at radius 1 is 0.960 bits per heavy atom. The highest BCUT2D eigenvalue weighted by Gasteiger charge is 2.04. The Balaban J connectivity index is 1.76. The Labute approximate surface area is 148 Å². The number of amides is 1. The third kappa shape index (κ3) is 4.49. The van der Waals surface area contributed by atoms with E-state index >= 15 is 0 Å². The van der Waals surface area contributed by atoms with Gasteiger partial charge < -0.3 is 5.32 Å². The average molecular weight is 327 g/mol. The lowest BCUT2D eigenvalue weighted by molar-refractivity contribution is -0.119. The van der Waals surface area contributed by atoms with Crippen molar-refractivity contribution >= 4 is 16.7 Å². The number of hydrogen-bond acceptors (Lipinski definition) is 1. The van der Waals surface area contributed by atoms with E-state index in [0.29, 0.717) is 0 Å². The topological polar surface area (TPSA) is 29.1 Å². The lowest BCUT2D eigenvalue weighted by Gasteiger charge is -2.12. The van der Waals surface area contributed by atoms with E-state index in [2.05, 4.69) is 53.6 Å².